The molecule has 0 aromatic heterocycles. The summed E-state index contributed by atoms with van der Waals surface area (Å²) in [6.07, 6.45) is 9.94. The Hall–Kier alpha value is -1.02. The van der Waals surface area contributed by atoms with Gasteiger partial charge in [-0.3, -0.25) is 4.90 Å². The molecule has 2 nitrogen and oxygen atoms in total. The van der Waals surface area contributed by atoms with Crippen molar-refractivity contribution in [2.24, 2.45) is 5.92 Å². The molecular weight excluding hydrogens is 244 g/mol. The molecule has 0 radical (unpaired) electrons. The van der Waals surface area contributed by atoms with E-state index in [1.807, 2.05) is 0 Å². The van der Waals surface area contributed by atoms with E-state index in [1.54, 1.807) is 0 Å². The van der Waals surface area contributed by atoms with Gasteiger partial charge in [-0.25, -0.2) is 0 Å². The molecule has 1 saturated carbocycles. The van der Waals surface area contributed by atoms with Crippen molar-refractivity contribution < 1.29 is 0 Å². The van der Waals surface area contributed by atoms with E-state index in [-0.39, 0.29) is 0 Å². The number of likely N-dealkylation sites (tertiary alicyclic amines) is 1. The lowest BCUT2D eigenvalue weighted by Crippen LogP contribution is -2.46. The molecule has 1 saturated heterocycles. The van der Waals surface area contributed by atoms with Crippen LogP contribution in [0.2, 0.25) is 0 Å². The first-order valence-electron chi connectivity index (χ1n) is 8.50. The van der Waals surface area contributed by atoms with Crippen molar-refractivity contribution in [1.82, 2.24) is 4.90 Å². The molecule has 2 heteroatoms. The van der Waals surface area contributed by atoms with Crippen LogP contribution >= 0.6 is 0 Å². The molecule has 1 aromatic rings. The highest BCUT2D eigenvalue weighted by Crippen LogP contribution is 2.36. The maximum atomic E-state index is 3.46. The Labute approximate surface area is 122 Å². The number of nitrogens with zero attached hydrogens (tertiary/aromatic N) is 1. The smallest absolute Gasteiger partial charge is 0.0373 e. The zero-order valence-electron chi connectivity index (χ0n) is 12.4. The van der Waals surface area contributed by atoms with Gasteiger partial charge in [-0.2, -0.15) is 0 Å². The van der Waals surface area contributed by atoms with E-state index in [0.29, 0.717) is 0 Å². The van der Waals surface area contributed by atoms with Crippen LogP contribution in [0.15, 0.2) is 18.2 Å². The van der Waals surface area contributed by atoms with E-state index in [4.69, 9.17) is 0 Å². The molecule has 0 amide bonds. The quantitative estimate of drug-likeness (QED) is 0.879. The van der Waals surface area contributed by atoms with Crippen molar-refractivity contribution in [3.63, 3.8) is 0 Å². The van der Waals surface area contributed by atoms with Gasteiger partial charge in [0.05, 0.1) is 0 Å². The molecule has 2 aliphatic heterocycles. The minimum absolute atomic E-state index is 0.879. The van der Waals surface area contributed by atoms with Crippen molar-refractivity contribution >= 4 is 5.69 Å². The monoisotopic (exact) mass is 270 g/mol. The van der Waals surface area contributed by atoms with E-state index >= 15 is 0 Å². The van der Waals surface area contributed by atoms with Gasteiger partial charge in [-0.15, -0.1) is 0 Å². The summed E-state index contributed by atoms with van der Waals surface area (Å²) in [4.78, 5) is 2.79. The molecule has 2 unspecified atom stereocenters. The lowest BCUT2D eigenvalue weighted by atomic mass is 9.78. The first-order valence-corrected chi connectivity index (χ1v) is 8.50. The largest absolute Gasteiger partial charge is 0.384 e. The van der Waals surface area contributed by atoms with Crippen LogP contribution in [0.1, 0.15) is 49.7 Å². The van der Waals surface area contributed by atoms with Crippen LogP contribution in [0.3, 0.4) is 0 Å². The van der Waals surface area contributed by atoms with Gasteiger partial charge in [0.15, 0.2) is 0 Å². The SMILES string of the molecule is c1cc2c(cc1CN1CCCC3CCCCC31)CCN2. The second-order valence-electron chi connectivity index (χ2n) is 6.89. The molecule has 3 aliphatic rings. The van der Waals surface area contributed by atoms with Crippen LogP contribution in [-0.4, -0.2) is 24.0 Å². The molecule has 2 heterocycles. The molecule has 4 rings (SSSR count). The summed E-state index contributed by atoms with van der Waals surface area (Å²) in [6, 6.07) is 7.95. The van der Waals surface area contributed by atoms with E-state index in [2.05, 4.69) is 28.4 Å². The highest BCUT2D eigenvalue weighted by Gasteiger charge is 2.32. The van der Waals surface area contributed by atoms with Crippen molar-refractivity contribution in [2.75, 3.05) is 18.4 Å². The predicted molar refractivity (Wildman–Crippen MR) is 84.0 cm³/mol. The minimum Gasteiger partial charge on any atom is -0.384 e. The van der Waals surface area contributed by atoms with Crippen LogP contribution in [0, 0.1) is 5.92 Å². The predicted octanol–water partition coefficient (Wildman–Crippen LogP) is 3.81. The highest BCUT2D eigenvalue weighted by atomic mass is 15.2. The number of hydrogen-bond acceptors (Lipinski definition) is 2. The van der Waals surface area contributed by atoms with Gasteiger partial charge in [0.2, 0.25) is 0 Å². The average Bonchev–Trinajstić information content (AvgIpc) is 2.95. The minimum atomic E-state index is 0.879. The lowest BCUT2D eigenvalue weighted by Gasteiger charge is -2.44. The third kappa shape index (κ3) is 2.35. The molecular formula is C18H26N2. The van der Waals surface area contributed by atoms with E-state index in [1.165, 1.54) is 74.8 Å². The Morgan fingerprint density at radius 3 is 3.00 bits per heavy atom. The number of hydrogen-bond donors (Lipinski definition) is 1. The van der Waals surface area contributed by atoms with Gasteiger partial charge in [0.1, 0.15) is 0 Å². The zero-order valence-corrected chi connectivity index (χ0v) is 12.4. The number of benzene rings is 1. The van der Waals surface area contributed by atoms with Gasteiger partial charge >= 0.3 is 0 Å². The molecule has 0 spiro atoms. The van der Waals surface area contributed by atoms with Crippen molar-refractivity contribution in [2.45, 2.75) is 57.5 Å². The molecule has 2 atom stereocenters. The highest BCUT2D eigenvalue weighted by molar-refractivity contribution is 5.56. The summed E-state index contributed by atoms with van der Waals surface area (Å²) < 4.78 is 0. The Kier molecular flexibility index (Phi) is 3.43. The van der Waals surface area contributed by atoms with Gasteiger partial charge in [-0.05, 0) is 61.8 Å². The Bertz CT molecular complexity index is 480. The fourth-order valence-corrected chi connectivity index (χ4v) is 4.62. The molecule has 108 valence electrons. The molecule has 1 aromatic carbocycles. The summed E-state index contributed by atoms with van der Waals surface area (Å²) in [5.41, 5.74) is 4.42. The topological polar surface area (TPSA) is 15.3 Å². The normalized spacial score (nSPS) is 29.6. The third-order valence-electron chi connectivity index (χ3n) is 5.62. The fraction of sp³-hybridized carbons (Fsp3) is 0.667. The van der Waals surface area contributed by atoms with E-state index in [0.717, 1.165) is 18.5 Å². The van der Waals surface area contributed by atoms with Gasteiger partial charge < -0.3 is 5.32 Å². The van der Waals surface area contributed by atoms with Crippen LogP contribution in [-0.2, 0) is 13.0 Å². The first-order chi connectivity index (χ1) is 9.90. The van der Waals surface area contributed by atoms with Crippen LogP contribution in [0.25, 0.3) is 0 Å². The first kappa shape index (κ1) is 12.7. The molecule has 0 bridgehead atoms. The van der Waals surface area contributed by atoms with Gasteiger partial charge in [-0.1, -0.05) is 25.0 Å². The van der Waals surface area contributed by atoms with Crippen molar-refractivity contribution in [3.8, 4) is 0 Å². The maximum absolute atomic E-state index is 3.46. The number of nitrogens with one attached hydrogen (secondary N) is 1. The van der Waals surface area contributed by atoms with Crippen LogP contribution < -0.4 is 5.32 Å². The van der Waals surface area contributed by atoms with Crippen molar-refractivity contribution in [1.29, 1.82) is 0 Å². The molecule has 20 heavy (non-hydrogen) atoms. The van der Waals surface area contributed by atoms with Crippen LogP contribution in [0.5, 0.6) is 0 Å². The second kappa shape index (κ2) is 5.40. The summed E-state index contributed by atoms with van der Waals surface area (Å²) in [5.74, 6) is 0.994. The number of fused-ring (bicyclic) bond motifs is 2. The standard InChI is InChI=1S/C18H26N2/c1-2-6-18-15(4-1)5-3-11-20(18)13-14-7-8-17-16(12-14)9-10-19-17/h7-8,12,15,18-19H,1-6,9-11,13H2. The average molecular weight is 270 g/mol. The Morgan fingerprint density at radius 2 is 2.00 bits per heavy atom. The second-order valence-corrected chi connectivity index (χ2v) is 6.89. The molecule has 2 fully saturated rings. The van der Waals surface area contributed by atoms with E-state index in [9.17, 15) is 0 Å². The summed E-state index contributed by atoms with van der Waals surface area (Å²) in [7, 11) is 0. The zero-order chi connectivity index (χ0) is 13.4. The van der Waals surface area contributed by atoms with Crippen LogP contribution in [0.4, 0.5) is 5.69 Å². The Balaban J connectivity index is 1.50. The Morgan fingerprint density at radius 1 is 1.10 bits per heavy atom. The summed E-state index contributed by atoms with van der Waals surface area (Å²) >= 11 is 0. The van der Waals surface area contributed by atoms with Crippen molar-refractivity contribution in [3.05, 3.63) is 29.3 Å². The number of anilines is 1. The van der Waals surface area contributed by atoms with E-state index < -0.39 is 0 Å². The number of piperidine rings is 1. The molecule has 1 aliphatic carbocycles. The maximum Gasteiger partial charge on any atom is 0.0373 e. The van der Waals surface area contributed by atoms with Gasteiger partial charge in [0.25, 0.3) is 0 Å². The summed E-state index contributed by atoms with van der Waals surface area (Å²) in [6.45, 7) is 3.61. The fourth-order valence-electron chi connectivity index (χ4n) is 4.62. The molecule has 1 N–H and O–H groups in total. The summed E-state index contributed by atoms with van der Waals surface area (Å²) in [5, 5.41) is 3.46. The lowest BCUT2D eigenvalue weighted by molar-refractivity contribution is 0.0547. The third-order valence-corrected chi connectivity index (χ3v) is 5.62. The number of rotatable bonds is 2. The van der Waals surface area contributed by atoms with Gasteiger partial charge in [0, 0.05) is 24.8 Å².